The number of nitrogens with two attached hydrogens (primary N) is 1. The molecule has 3 rings (SSSR count). The maximum atomic E-state index is 12.6. The number of hydrogen-bond acceptors (Lipinski definition) is 4. The van der Waals surface area contributed by atoms with Crippen molar-refractivity contribution >= 4 is 17.9 Å². The number of fused-ring (bicyclic) bond motifs is 1. The Morgan fingerprint density at radius 1 is 1.40 bits per heavy atom. The minimum absolute atomic E-state index is 0.0763. The molecule has 1 aromatic rings. The van der Waals surface area contributed by atoms with Gasteiger partial charge in [0.05, 0.1) is 11.1 Å². The van der Waals surface area contributed by atoms with Crippen LogP contribution in [0.2, 0.25) is 0 Å². The molecule has 1 unspecified atom stereocenters. The number of aliphatic imine (C=N–C) groups is 1. The van der Waals surface area contributed by atoms with Gasteiger partial charge in [-0.15, -0.1) is 0 Å². The molecule has 2 aliphatic rings. The van der Waals surface area contributed by atoms with E-state index >= 15 is 0 Å². The number of amides is 1. The molecule has 0 saturated heterocycles. The van der Waals surface area contributed by atoms with Crippen molar-refractivity contribution in [2.24, 2.45) is 4.99 Å². The van der Waals surface area contributed by atoms with Crippen LogP contribution in [-0.2, 0) is 5.54 Å². The van der Waals surface area contributed by atoms with E-state index in [9.17, 15) is 9.59 Å². The second kappa shape index (κ2) is 6.35. The Labute approximate surface area is 147 Å². The minimum atomic E-state index is -0.423. The van der Waals surface area contributed by atoms with Crippen LogP contribution in [0, 0.1) is 0 Å². The van der Waals surface area contributed by atoms with Crippen molar-refractivity contribution in [3.05, 3.63) is 50.8 Å². The van der Waals surface area contributed by atoms with Crippen molar-refractivity contribution in [3.8, 4) is 0 Å². The van der Waals surface area contributed by atoms with Crippen LogP contribution < -0.4 is 16.5 Å². The molecule has 0 bridgehead atoms. The topological polar surface area (TPSA) is 89.5 Å². The van der Waals surface area contributed by atoms with Crippen LogP contribution in [-0.4, -0.2) is 30.8 Å². The Balaban J connectivity index is 2.22. The van der Waals surface area contributed by atoms with E-state index in [1.807, 2.05) is 4.57 Å². The summed E-state index contributed by atoms with van der Waals surface area (Å²) >= 11 is 0. The smallest absolute Gasteiger partial charge is 0.256 e. The zero-order valence-corrected chi connectivity index (χ0v) is 14.9. The molecule has 1 fully saturated rings. The van der Waals surface area contributed by atoms with Crippen LogP contribution >= 0.6 is 0 Å². The highest BCUT2D eigenvalue weighted by Gasteiger charge is 2.32. The average Bonchev–Trinajstić information content (AvgIpc) is 3.05. The van der Waals surface area contributed by atoms with Gasteiger partial charge in [0.2, 0.25) is 5.43 Å². The fourth-order valence-electron chi connectivity index (χ4n) is 3.74. The third-order valence-electron chi connectivity index (χ3n) is 5.11. The van der Waals surface area contributed by atoms with E-state index < -0.39 is 16.9 Å². The zero-order chi connectivity index (χ0) is 18.2. The van der Waals surface area contributed by atoms with Crippen molar-refractivity contribution in [2.45, 2.75) is 38.1 Å². The summed E-state index contributed by atoms with van der Waals surface area (Å²) in [5.74, 6) is -0.0916. The molecule has 1 saturated carbocycles. The molecule has 1 amide bonds. The number of aromatic nitrogens is 1. The maximum absolute atomic E-state index is 12.6. The van der Waals surface area contributed by atoms with Gasteiger partial charge >= 0.3 is 0 Å². The molecule has 1 aromatic heterocycles. The fraction of sp³-hybridized carbons (Fsp3) is 0.421. The van der Waals surface area contributed by atoms with E-state index in [4.69, 9.17) is 5.73 Å². The van der Waals surface area contributed by atoms with Crippen molar-refractivity contribution in [2.75, 3.05) is 19.8 Å². The van der Waals surface area contributed by atoms with Gasteiger partial charge in [0.1, 0.15) is 11.4 Å². The van der Waals surface area contributed by atoms with Gasteiger partial charge in [-0.05, 0) is 43.8 Å². The number of anilines is 1. The molecule has 0 radical (unpaired) electrons. The summed E-state index contributed by atoms with van der Waals surface area (Å²) in [7, 11) is 3.08. The lowest BCUT2D eigenvalue weighted by Gasteiger charge is -2.34. The molecule has 132 valence electrons. The second-order valence-corrected chi connectivity index (χ2v) is 6.82. The number of nitrogen functional groups attached to an aromatic ring is 1. The van der Waals surface area contributed by atoms with Crippen molar-refractivity contribution < 1.29 is 4.79 Å². The summed E-state index contributed by atoms with van der Waals surface area (Å²) in [6.07, 6.45) is 11.6. The molecule has 25 heavy (non-hydrogen) atoms. The monoisotopic (exact) mass is 340 g/mol. The first-order chi connectivity index (χ1) is 11.9. The van der Waals surface area contributed by atoms with Crippen LogP contribution in [0.5, 0.6) is 0 Å². The number of pyridine rings is 1. The summed E-state index contributed by atoms with van der Waals surface area (Å²) < 4.78 is 1.84. The molecule has 0 spiro atoms. The lowest BCUT2D eigenvalue weighted by atomic mass is 9.86. The van der Waals surface area contributed by atoms with Gasteiger partial charge in [0.25, 0.3) is 5.91 Å². The quantitative estimate of drug-likeness (QED) is 0.825. The Morgan fingerprint density at radius 2 is 2.12 bits per heavy atom. The summed E-state index contributed by atoms with van der Waals surface area (Å²) in [6, 6.07) is 0. The molecule has 6 nitrogen and oxygen atoms in total. The summed E-state index contributed by atoms with van der Waals surface area (Å²) in [4.78, 5) is 28.8. The highest BCUT2D eigenvalue weighted by atomic mass is 16.2. The number of hydrogen-bond donors (Lipinski definition) is 2. The summed E-state index contributed by atoms with van der Waals surface area (Å²) in [6.45, 7) is 2.08. The molecule has 2 aliphatic carbocycles. The van der Waals surface area contributed by atoms with E-state index in [0.717, 1.165) is 19.3 Å². The second-order valence-electron chi connectivity index (χ2n) is 6.82. The number of nitrogens with zero attached hydrogens (tertiary/aromatic N) is 2. The summed E-state index contributed by atoms with van der Waals surface area (Å²) in [5.41, 5.74) is 8.60. The van der Waals surface area contributed by atoms with Crippen molar-refractivity contribution in [3.63, 3.8) is 0 Å². The molecule has 1 atom stereocenters. The van der Waals surface area contributed by atoms with Crippen LogP contribution in [0.3, 0.4) is 0 Å². The van der Waals surface area contributed by atoms with Crippen LogP contribution in [0.15, 0.2) is 39.3 Å². The first-order valence-corrected chi connectivity index (χ1v) is 8.52. The molecular formula is C19H24N4O2. The SMILES string of the molecule is CN=Cc1c(N)n(C2(C)C=C3CCCC3=CC2)cc(C(=O)NC)c1=O. The number of carbonyl (C=O) groups is 1. The van der Waals surface area contributed by atoms with Gasteiger partial charge in [-0.3, -0.25) is 14.6 Å². The van der Waals surface area contributed by atoms with Crippen LogP contribution in [0.1, 0.15) is 48.5 Å². The first kappa shape index (κ1) is 17.2. The van der Waals surface area contributed by atoms with Crippen LogP contribution in [0.4, 0.5) is 5.82 Å². The number of nitrogens with one attached hydrogen (secondary N) is 1. The minimum Gasteiger partial charge on any atom is -0.384 e. The Bertz CT molecular complexity index is 876. The lowest BCUT2D eigenvalue weighted by molar-refractivity contribution is 0.0961. The predicted molar refractivity (Wildman–Crippen MR) is 100 cm³/mol. The third kappa shape index (κ3) is 2.81. The first-order valence-electron chi connectivity index (χ1n) is 8.52. The summed E-state index contributed by atoms with van der Waals surface area (Å²) in [5, 5.41) is 2.53. The highest BCUT2D eigenvalue weighted by molar-refractivity contribution is 5.97. The molecule has 6 heteroatoms. The molecule has 0 aromatic carbocycles. The van der Waals surface area contributed by atoms with Gasteiger partial charge in [-0.2, -0.15) is 0 Å². The van der Waals surface area contributed by atoms with Crippen LogP contribution in [0.25, 0.3) is 0 Å². The van der Waals surface area contributed by atoms with E-state index in [-0.39, 0.29) is 11.1 Å². The van der Waals surface area contributed by atoms with E-state index in [0.29, 0.717) is 5.82 Å². The number of carbonyl (C=O) groups excluding carboxylic acids is 1. The third-order valence-corrected chi connectivity index (χ3v) is 5.11. The standard InChI is InChI=1S/C19H24N4O2/c1-19(8-7-12-5-4-6-13(12)9-19)23-11-15(18(25)22-3)16(24)14(10-21-2)17(23)20/h7,9-11H,4-6,8,20H2,1-3H3,(H,22,25). The van der Waals surface area contributed by atoms with Gasteiger partial charge in [0.15, 0.2) is 0 Å². The Kier molecular flexibility index (Phi) is 4.37. The van der Waals surface area contributed by atoms with Crippen molar-refractivity contribution in [1.29, 1.82) is 0 Å². The predicted octanol–water partition coefficient (Wildman–Crippen LogP) is 1.99. The molecule has 1 heterocycles. The fourth-order valence-corrected chi connectivity index (χ4v) is 3.74. The number of allylic oxidation sites excluding steroid dienone is 4. The Hall–Kier alpha value is -2.63. The van der Waals surface area contributed by atoms with E-state index in [1.165, 1.54) is 30.8 Å². The average molecular weight is 340 g/mol. The van der Waals surface area contributed by atoms with Gasteiger partial charge < -0.3 is 15.6 Å². The normalized spacial score (nSPS) is 22.5. The highest BCUT2D eigenvalue weighted by Crippen LogP contribution is 2.41. The molecule has 3 N–H and O–H groups in total. The Morgan fingerprint density at radius 3 is 2.80 bits per heavy atom. The van der Waals surface area contributed by atoms with Crippen molar-refractivity contribution in [1.82, 2.24) is 9.88 Å². The van der Waals surface area contributed by atoms with E-state index in [1.54, 1.807) is 13.2 Å². The molecular weight excluding hydrogens is 316 g/mol. The van der Waals surface area contributed by atoms with Gasteiger partial charge in [0, 0.05) is 26.5 Å². The van der Waals surface area contributed by atoms with Gasteiger partial charge in [-0.25, -0.2) is 0 Å². The number of rotatable bonds is 3. The van der Waals surface area contributed by atoms with Gasteiger partial charge in [-0.1, -0.05) is 12.2 Å². The molecule has 0 aliphatic heterocycles. The lowest BCUT2D eigenvalue weighted by Crippen LogP contribution is -2.37. The zero-order valence-electron chi connectivity index (χ0n) is 14.9. The largest absolute Gasteiger partial charge is 0.384 e. The van der Waals surface area contributed by atoms with E-state index in [2.05, 4.69) is 29.4 Å². The maximum Gasteiger partial charge on any atom is 0.256 e.